The fourth-order valence-electron chi connectivity index (χ4n) is 2.97. The van der Waals surface area contributed by atoms with E-state index in [0.29, 0.717) is 0 Å². The Kier molecular flexibility index (Phi) is 17.0. The molecule has 0 unspecified atom stereocenters. The van der Waals surface area contributed by atoms with Gasteiger partial charge >= 0.3 is 142 Å². The van der Waals surface area contributed by atoms with E-state index in [0.717, 1.165) is 0 Å². The van der Waals surface area contributed by atoms with Crippen molar-refractivity contribution in [1.29, 1.82) is 0 Å². The van der Waals surface area contributed by atoms with Crippen molar-refractivity contribution in [2.45, 2.75) is 78.6 Å². The molecule has 0 spiro atoms. The van der Waals surface area contributed by atoms with Crippen molar-refractivity contribution in [1.82, 2.24) is 0 Å². The Hall–Kier alpha value is 0.833. The number of benzene rings is 1. The van der Waals surface area contributed by atoms with Gasteiger partial charge in [-0.15, -0.1) is 0 Å². The minimum atomic E-state index is 0.120. The van der Waals surface area contributed by atoms with Gasteiger partial charge in [-0.05, 0) is 72.1 Å². The molecule has 1 aromatic rings. The molecule has 2 fully saturated rings. The van der Waals surface area contributed by atoms with Crippen LogP contribution in [0, 0.1) is 64.2 Å². The second kappa shape index (κ2) is 16.6. The van der Waals surface area contributed by atoms with Crippen molar-refractivity contribution in [2.24, 2.45) is 0 Å². The summed E-state index contributed by atoms with van der Waals surface area (Å²) in [5.41, 5.74) is 5.16. The van der Waals surface area contributed by atoms with Crippen LogP contribution in [-0.2, 0) is 39.9 Å². The van der Waals surface area contributed by atoms with Crippen LogP contribution in [0.15, 0.2) is 12.1 Å². The van der Waals surface area contributed by atoms with Crippen molar-refractivity contribution < 1.29 is 23.6 Å². The molecule has 0 aliphatic heterocycles. The third kappa shape index (κ3) is 15.2. The van der Waals surface area contributed by atoms with E-state index in [4.69, 9.17) is 0 Å². The molecule has 0 atom stereocenters. The van der Waals surface area contributed by atoms with Crippen LogP contribution in [0.25, 0.3) is 0 Å². The maximum Gasteiger partial charge on any atom is 0.0461 e. The average Bonchev–Trinajstić information content (AvgIpc) is 3.42. The molecule has 0 saturated heterocycles. The van der Waals surface area contributed by atoms with Gasteiger partial charge in [0.15, 0.2) is 0 Å². The molecule has 2 saturated carbocycles. The molecule has 1 aromatic carbocycles. The van der Waals surface area contributed by atoms with Gasteiger partial charge < -0.3 is 0 Å². The van der Waals surface area contributed by atoms with E-state index in [1.807, 2.05) is 64.2 Å². The van der Waals surface area contributed by atoms with Crippen molar-refractivity contribution in [3.05, 3.63) is 93.0 Å². The summed E-state index contributed by atoms with van der Waals surface area (Å²) in [6.45, 7) is 27.8. The van der Waals surface area contributed by atoms with E-state index in [1.165, 1.54) is 22.1 Å². The van der Waals surface area contributed by atoms with Crippen LogP contribution in [0.5, 0.6) is 0 Å². The van der Waals surface area contributed by atoms with Crippen LogP contribution in [0.2, 0.25) is 0 Å². The monoisotopic (exact) mass is 573 g/mol. The minimum Gasteiger partial charge on any atom is -0.0312 e. The van der Waals surface area contributed by atoms with Gasteiger partial charge in [0, 0.05) is 20.0 Å². The predicted octanol–water partition coefficient (Wildman–Crippen LogP) is 8.75. The molecule has 0 nitrogen and oxygen atoms in total. The van der Waals surface area contributed by atoms with Gasteiger partial charge in [-0.2, -0.15) is 0 Å². The minimum absolute atomic E-state index is 0.120. The quantitative estimate of drug-likeness (QED) is 0.294. The van der Waals surface area contributed by atoms with Crippen LogP contribution in [0.3, 0.4) is 0 Å². The SMILES string of the molecule is CC(C)(C)c1cc(C(C)(C)C)c([P]=[Zr])c(C(C)(C)C)c1.C[PH+](C)C.[CH]1[CH][CH][CH][CH]1.[CH]1[CH][CH][CH][CH]1. The Morgan fingerprint density at radius 3 is 0.912 bits per heavy atom. The molecule has 0 aromatic heterocycles. The van der Waals surface area contributed by atoms with Gasteiger partial charge in [0.25, 0.3) is 0 Å². The van der Waals surface area contributed by atoms with Crippen LogP contribution in [-0.4, -0.2) is 20.0 Å². The summed E-state index contributed by atoms with van der Waals surface area (Å²) in [5.74, 6) is 0. The summed E-state index contributed by atoms with van der Waals surface area (Å²) in [6.07, 6.45) is 20.0. The third-order valence-electron chi connectivity index (χ3n) is 4.81. The molecule has 0 amide bonds. The van der Waals surface area contributed by atoms with Crippen LogP contribution >= 0.6 is 13.3 Å². The molecule has 0 N–H and O–H groups in total. The van der Waals surface area contributed by atoms with Crippen LogP contribution in [0.1, 0.15) is 79.0 Å². The molecule has 2 aliphatic carbocycles. The van der Waals surface area contributed by atoms with Gasteiger partial charge in [-0.25, -0.2) is 0 Å². The Morgan fingerprint density at radius 2 is 0.765 bits per heavy atom. The first kappa shape index (κ1) is 34.8. The van der Waals surface area contributed by atoms with E-state index in [2.05, 4.69) is 94.4 Å². The first-order valence-electron chi connectivity index (χ1n) is 12.2. The fourth-order valence-corrected chi connectivity index (χ4v) is 5.79. The van der Waals surface area contributed by atoms with E-state index < -0.39 is 0 Å². The standard InChI is InChI=1S/C18H29P.2C5H5.C3H9P.Zr/c1-16(2,3)12-10-13(17(4,5)6)15(19)14(11-12)18(7,8)9;2*1-2-4-5-3-1;1-4(2)3;/h10-11H,1-9H3;2*1-5H;1-3H3;/p+1. The summed E-state index contributed by atoms with van der Waals surface area (Å²) in [7, 11) is 0.120. The Labute approximate surface area is 232 Å². The van der Waals surface area contributed by atoms with Crippen LogP contribution < -0.4 is 5.30 Å². The number of hydrogen-bond acceptors (Lipinski definition) is 0. The fraction of sp³-hybridized carbons (Fsp3) is 0.484. The normalized spacial score (nSPS) is 16.2. The summed E-state index contributed by atoms with van der Waals surface area (Å²) in [5, 5.41) is 3.03. The summed E-state index contributed by atoms with van der Waals surface area (Å²) in [4.78, 5) is 0. The van der Waals surface area contributed by atoms with Gasteiger partial charge in [0.2, 0.25) is 0 Å². The maximum atomic E-state index is 2.46. The van der Waals surface area contributed by atoms with Crippen molar-refractivity contribution >= 4 is 18.6 Å². The molecule has 34 heavy (non-hydrogen) atoms. The van der Waals surface area contributed by atoms with Crippen LogP contribution in [0.4, 0.5) is 0 Å². The maximum absolute atomic E-state index is 2.46. The summed E-state index contributed by atoms with van der Waals surface area (Å²) < 4.78 is 0. The molecule has 0 bridgehead atoms. The van der Waals surface area contributed by atoms with E-state index >= 15 is 0 Å². The molecule has 3 heteroatoms. The Morgan fingerprint density at radius 1 is 0.529 bits per heavy atom. The van der Waals surface area contributed by atoms with E-state index in [1.54, 1.807) is 28.9 Å². The molecule has 10 radical (unpaired) electrons. The molecule has 186 valence electrons. The van der Waals surface area contributed by atoms with Gasteiger partial charge in [0.05, 0.1) is 0 Å². The van der Waals surface area contributed by atoms with E-state index in [-0.39, 0.29) is 24.2 Å². The third-order valence-corrected chi connectivity index (χ3v) is 7.17. The van der Waals surface area contributed by atoms with Crippen molar-refractivity contribution in [3.63, 3.8) is 0 Å². The summed E-state index contributed by atoms with van der Waals surface area (Å²) >= 11 is 1.57. The van der Waals surface area contributed by atoms with Gasteiger partial charge in [0.1, 0.15) is 0 Å². The largest absolute Gasteiger partial charge is 0.0461 e. The molecule has 3 rings (SSSR count). The second-order valence-corrected chi connectivity index (χ2v) is 17.5. The average molecular weight is 575 g/mol. The first-order chi connectivity index (χ1) is 15.5. The molecule has 2 aliphatic rings. The second-order valence-electron chi connectivity index (χ2n) is 12.2. The topological polar surface area (TPSA) is 0 Å². The summed E-state index contributed by atoms with van der Waals surface area (Å²) in [6, 6.07) is 4.92. The predicted molar refractivity (Wildman–Crippen MR) is 158 cm³/mol. The Bertz CT molecular complexity index is 629. The zero-order chi connectivity index (χ0) is 26.6. The zero-order valence-corrected chi connectivity index (χ0v) is 28.2. The molecular weight excluding hydrogens is 526 g/mol. The van der Waals surface area contributed by atoms with Gasteiger partial charge in [-0.3, -0.25) is 0 Å². The molecule has 0 heterocycles. The first-order valence-corrected chi connectivity index (χ1v) is 19.4. The van der Waals surface area contributed by atoms with Crippen molar-refractivity contribution in [2.75, 3.05) is 20.0 Å². The number of hydrogen-bond donors (Lipinski definition) is 0. The number of rotatable bonds is 1. The van der Waals surface area contributed by atoms with Crippen molar-refractivity contribution in [3.8, 4) is 0 Å². The van der Waals surface area contributed by atoms with E-state index in [9.17, 15) is 0 Å². The molecular formula is C31H49P2Zr+. The zero-order valence-electron chi connectivity index (χ0n) is 23.9. The Balaban J connectivity index is 0.000000618. The van der Waals surface area contributed by atoms with Gasteiger partial charge in [-0.1, -0.05) is 0 Å². The smallest absolute Gasteiger partial charge is 0.0312 e.